The first-order chi connectivity index (χ1) is 15.7. The number of unbranched alkanes of at least 4 members (excludes halogenated alkanes) is 1. The zero-order valence-electron chi connectivity index (χ0n) is 18.2. The number of piperazine rings is 1. The number of hydrogen-bond acceptors (Lipinski definition) is 5. The highest BCUT2D eigenvalue weighted by Crippen LogP contribution is 2.22. The molecule has 6 heteroatoms. The molecule has 1 aromatic heterocycles. The quantitative estimate of drug-likeness (QED) is 0.515. The fourth-order valence-corrected chi connectivity index (χ4v) is 4.67. The molecule has 1 aliphatic rings. The van der Waals surface area contributed by atoms with Crippen LogP contribution in [0.25, 0.3) is 11.1 Å². The van der Waals surface area contributed by atoms with Crippen LogP contribution in [0.1, 0.15) is 28.8 Å². The maximum absolute atomic E-state index is 12.4. The summed E-state index contributed by atoms with van der Waals surface area (Å²) in [6.07, 6.45) is 2.05. The molecule has 0 bridgehead atoms. The zero-order chi connectivity index (χ0) is 22.2. The molecule has 32 heavy (non-hydrogen) atoms. The number of hydrogen-bond donors (Lipinski definition) is 1. The third-order valence-electron chi connectivity index (χ3n) is 5.90. The van der Waals surface area contributed by atoms with Crippen LogP contribution in [0.15, 0.2) is 65.4 Å². The minimum Gasteiger partial charge on any atom is -0.369 e. The van der Waals surface area contributed by atoms with E-state index in [0.29, 0.717) is 17.7 Å². The lowest BCUT2D eigenvalue weighted by molar-refractivity contribution is 0.0952. The van der Waals surface area contributed by atoms with Gasteiger partial charge >= 0.3 is 0 Å². The Kier molecular flexibility index (Phi) is 7.55. The van der Waals surface area contributed by atoms with Crippen LogP contribution in [-0.4, -0.2) is 50.1 Å². The van der Waals surface area contributed by atoms with E-state index in [-0.39, 0.29) is 5.91 Å². The Morgan fingerprint density at radius 1 is 1.00 bits per heavy atom. The molecule has 1 saturated heterocycles. The number of benzene rings is 2. The van der Waals surface area contributed by atoms with E-state index in [2.05, 4.69) is 44.1 Å². The van der Waals surface area contributed by atoms with Gasteiger partial charge in [-0.25, -0.2) is 0 Å². The van der Waals surface area contributed by atoms with E-state index in [1.54, 1.807) is 11.3 Å². The van der Waals surface area contributed by atoms with Crippen LogP contribution in [0.3, 0.4) is 0 Å². The summed E-state index contributed by atoms with van der Waals surface area (Å²) in [5.74, 6) is -0.00455. The molecule has 4 rings (SSSR count). The number of rotatable bonds is 8. The first-order valence-corrected chi connectivity index (χ1v) is 12.1. The lowest BCUT2D eigenvalue weighted by atomic mass is 10.1. The number of anilines is 1. The minimum absolute atomic E-state index is 0.00455. The monoisotopic (exact) mass is 444 g/mol. The molecule has 0 spiro atoms. The Bertz CT molecular complexity index is 1050. The van der Waals surface area contributed by atoms with Crippen molar-refractivity contribution >= 4 is 22.9 Å². The molecule has 2 heterocycles. The molecule has 0 unspecified atom stereocenters. The predicted molar refractivity (Wildman–Crippen MR) is 131 cm³/mol. The Morgan fingerprint density at radius 2 is 1.81 bits per heavy atom. The Morgan fingerprint density at radius 3 is 2.53 bits per heavy atom. The average molecular weight is 445 g/mol. The number of thiophene rings is 1. The van der Waals surface area contributed by atoms with E-state index in [4.69, 9.17) is 5.26 Å². The van der Waals surface area contributed by atoms with Crippen LogP contribution in [-0.2, 0) is 0 Å². The summed E-state index contributed by atoms with van der Waals surface area (Å²) in [7, 11) is 0. The van der Waals surface area contributed by atoms with Gasteiger partial charge in [0.05, 0.1) is 11.6 Å². The number of nitriles is 1. The van der Waals surface area contributed by atoms with Crippen LogP contribution < -0.4 is 10.2 Å². The van der Waals surface area contributed by atoms with Gasteiger partial charge in [0.25, 0.3) is 5.91 Å². The standard InChI is InChI=1S/C26H28N4OS/c27-19-21-4-3-5-25(18-21)30-15-13-29(14-16-30)12-2-1-11-28-26(31)23-8-6-22(7-9-23)24-10-17-32-20-24/h3-10,17-18,20H,1-2,11-16H2,(H,28,31). The summed E-state index contributed by atoms with van der Waals surface area (Å²) < 4.78 is 0. The first kappa shape index (κ1) is 22.1. The molecule has 5 nitrogen and oxygen atoms in total. The van der Waals surface area contributed by atoms with Crippen molar-refractivity contribution in [1.82, 2.24) is 10.2 Å². The van der Waals surface area contributed by atoms with Gasteiger partial charge in [0, 0.05) is 44.0 Å². The lowest BCUT2D eigenvalue weighted by Gasteiger charge is -2.36. The van der Waals surface area contributed by atoms with Gasteiger partial charge in [0.1, 0.15) is 0 Å². The summed E-state index contributed by atoms with van der Waals surface area (Å²) >= 11 is 1.68. The molecule has 2 aromatic carbocycles. The molecular formula is C26H28N4OS. The topological polar surface area (TPSA) is 59.4 Å². The van der Waals surface area contributed by atoms with Crippen LogP contribution in [0, 0.1) is 11.3 Å². The van der Waals surface area contributed by atoms with E-state index < -0.39 is 0 Å². The van der Waals surface area contributed by atoms with Crippen LogP contribution in [0.5, 0.6) is 0 Å². The predicted octanol–water partition coefficient (Wildman–Crippen LogP) is 4.62. The fraction of sp³-hybridized carbons (Fsp3) is 0.308. The van der Waals surface area contributed by atoms with Crippen molar-refractivity contribution in [3.63, 3.8) is 0 Å². The third-order valence-corrected chi connectivity index (χ3v) is 6.58. The molecule has 164 valence electrons. The second-order valence-electron chi connectivity index (χ2n) is 8.04. The molecule has 0 aliphatic carbocycles. The van der Waals surface area contributed by atoms with Crippen LogP contribution in [0.2, 0.25) is 0 Å². The molecule has 1 fully saturated rings. The first-order valence-electron chi connectivity index (χ1n) is 11.1. The van der Waals surface area contributed by atoms with E-state index in [1.807, 2.05) is 42.5 Å². The number of amides is 1. The van der Waals surface area contributed by atoms with E-state index in [0.717, 1.165) is 56.8 Å². The van der Waals surface area contributed by atoms with Crippen molar-refractivity contribution < 1.29 is 4.79 Å². The van der Waals surface area contributed by atoms with Gasteiger partial charge in [-0.3, -0.25) is 9.69 Å². The molecule has 1 amide bonds. The lowest BCUT2D eigenvalue weighted by Crippen LogP contribution is -2.46. The molecular weight excluding hydrogens is 416 g/mol. The zero-order valence-corrected chi connectivity index (χ0v) is 19.0. The van der Waals surface area contributed by atoms with Crippen molar-refractivity contribution in [2.75, 3.05) is 44.2 Å². The summed E-state index contributed by atoms with van der Waals surface area (Å²) in [6.45, 7) is 5.77. The van der Waals surface area contributed by atoms with Crippen LogP contribution >= 0.6 is 11.3 Å². The highest BCUT2D eigenvalue weighted by atomic mass is 32.1. The number of carbonyl (C=O) groups excluding carboxylic acids is 1. The van der Waals surface area contributed by atoms with Gasteiger partial charge in [-0.2, -0.15) is 16.6 Å². The second-order valence-corrected chi connectivity index (χ2v) is 8.82. The smallest absolute Gasteiger partial charge is 0.251 e. The van der Waals surface area contributed by atoms with Gasteiger partial charge in [0.15, 0.2) is 0 Å². The van der Waals surface area contributed by atoms with Crippen molar-refractivity contribution in [1.29, 1.82) is 5.26 Å². The van der Waals surface area contributed by atoms with Gasteiger partial charge < -0.3 is 10.2 Å². The Balaban J connectivity index is 1.13. The number of nitrogens with zero attached hydrogens (tertiary/aromatic N) is 3. The summed E-state index contributed by atoms with van der Waals surface area (Å²) in [4.78, 5) is 17.2. The third kappa shape index (κ3) is 5.76. The largest absolute Gasteiger partial charge is 0.369 e. The second kappa shape index (κ2) is 10.9. The van der Waals surface area contributed by atoms with Crippen molar-refractivity contribution in [2.45, 2.75) is 12.8 Å². The normalized spacial score (nSPS) is 14.2. The van der Waals surface area contributed by atoms with Crippen molar-refractivity contribution in [3.05, 3.63) is 76.5 Å². The molecule has 1 N–H and O–H groups in total. The summed E-state index contributed by atoms with van der Waals surface area (Å²) in [6, 6.07) is 20.0. The Labute approximate surface area is 193 Å². The van der Waals surface area contributed by atoms with Gasteiger partial charge in [-0.05, 0) is 77.7 Å². The van der Waals surface area contributed by atoms with E-state index >= 15 is 0 Å². The maximum atomic E-state index is 12.4. The highest BCUT2D eigenvalue weighted by molar-refractivity contribution is 7.08. The number of carbonyl (C=O) groups is 1. The van der Waals surface area contributed by atoms with Gasteiger partial charge in [0.2, 0.25) is 0 Å². The summed E-state index contributed by atoms with van der Waals surface area (Å²) in [5.41, 5.74) is 4.89. The molecule has 0 saturated carbocycles. The number of nitrogens with one attached hydrogen (secondary N) is 1. The fourth-order valence-electron chi connectivity index (χ4n) is 4.01. The van der Waals surface area contributed by atoms with Crippen molar-refractivity contribution in [3.8, 4) is 17.2 Å². The highest BCUT2D eigenvalue weighted by Gasteiger charge is 2.17. The molecule has 3 aromatic rings. The molecule has 0 radical (unpaired) electrons. The van der Waals surface area contributed by atoms with Gasteiger partial charge in [-0.1, -0.05) is 18.2 Å². The summed E-state index contributed by atoms with van der Waals surface area (Å²) in [5, 5.41) is 16.3. The average Bonchev–Trinajstić information content (AvgIpc) is 3.39. The minimum atomic E-state index is -0.00455. The SMILES string of the molecule is N#Cc1cccc(N2CCN(CCCCNC(=O)c3ccc(-c4ccsc4)cc3)CC2)c1. The molecule has 0 atom stereocenters. The van der Waals surface area contributed by atoms with Crippen molar-refractivity contribution in [2.24, 2.45) is 0 Å². The van der Waals surface area contributed by atoms with E-state index in [1.165, 1.54) is 5.56 Å². The Hall–Kier alpha value is -3.14. The maximum Gasteiger partial charge on any atom is 0.251 e. The molecule has 1 aliphatic heterocycles. The van der Waals surface area contributed by atoms with Crippen LogP contribution in [0.4, 0.5) is 5.69 Å². The van der Waals surface area contributed by atoms with E-state index in [9.17, 15) is 4.79 Å². The van der Waals surface area contributed by atoms with Gasteiger partial charge in [-0.15, -0.1) is 0 Å².